The lowest BCUT2D eigenvalue weighted by Crippen LogP contribution is -2.35. The molecular weight excluding hydrogens is 178 g/mol. The molecule has 0 rings (SSSR count). The summed E-state index contributed by atoms with van der Waals surface area (Å²) in [6.45, 7) is 0.819. The van der Waals surface area contributed by atoms with Gasteiger partial charge in [-0.3, -0.25) is 14.4 Å². The van der Waals surface area contributed by atoms with Crippen molar-refractivity contribution in [2.24, 2.45) is 5.73 Å². The number of carbonyl (C=O) groups is 3. The fraction of sp³-hybridized carbons (Fsp3) is 0.571. The molecule has 74 valence electrons. The normalized spacial score (nSPS) is 11.8. The van der Waals surface area contributed by atoms with E-state index in [1.54, 1.807) is 0 Å². The van der Waals surface area contributed by atoms with E-state index in [2.05, 4.69) is 4.74 Å². The van der Waals surface area contributed by atoms with Crippen molar-refractivity contribution >= 4 is 17.7 Å². The van der Waals surface area contributed by atoms with Gasteiger partial charge in [-0.2, -0.15) is 0 Å². The molecule has 0 aliphatic heterocycles. The summed E-state index contributed by atoms with van der Waals surface area (Å²) in [4.78, 5) is 31.2. The first-order chi connectivity index (χ1) is 5.93. The topological polar surface area (TPSA) is 107 Å². The minimum atomic E-state index is -1.25. The fourth-order valence-electron chi connectivity index (χ4n) is 0.508. The van der Waals surface area contributed by atoms with E-state index in [1.165, 1.54) is 6.92 Å². The fourth-order valence-corrected chi connectivity index (χ4v) is 0.508. The van der Waals surface area contributed by atoms with Gasteiger partial charge in [0, 0.05) is 0 Å². The van der Waals surface area contributed by atoms with Gasteiger partial charge in [0.25, 0.3) is 0 Å². The van der Waals surface area contributed by atoms with Crippen molar-refractivity contribution in [1.82, 2.24) is 0 Å². The second-order valence-corrected chi connectivity index (χ2v) is 2.51. The number of ether oxygens (including phenoxy) is 1. The number of ketones is 1. The van der Waals surface area contributed by atoms with Crippen molar-refractivity contribution in [2.45, 2.75) is 19.4 Å². The number of rotatable bonds is 5. The van der Waals surface area contributed by atoms with Crippen LogP contribution >= 0.6 is 0 Å². The first kappa shape index (κ1) is 11.6. The van der Waals surface area contributed by atoms with E-state index in [1.807, 2.05) is 0 Å². The highest BCUT2D eigenvalue weighted by atomic mass is 16.5. The Kier molecular flexibility index (Phi) is 4.68. The maximum absolute atomic E-state index is 10.7. The van der Waals surface area contributed by atoms with Crippen molar-refractivity contribution in [3.8, 4) is 0 Å². The summed E-state index contributed by atoms with van der Waals surface area (Å²) in [5.74, 6) is -2.35. The highest BCUT2D eigenvalue weighted by Crippen LogP contribution is 1.89. The molecule has 0 aromatic carbocycles. The number of carbonyl (C=O) groups excluding carboxylic acids is 2. The molecule has 3 N–H and O–H groups in total. The lowest BCUT2D eigenvalue weighted by Gasteiger charge is -2.06. The van der Waals surface area contributed by atoms with E-state index in [9.17, 15) is 14.4 Å². The third-order valence-corrected chi connectivity index (χ3v) is 1.13. The highest BCUT2D eigenvalue weighted by molar-refractivity contribution is 5.94. The van der Waals surface area contributed by atoms with Crippen LogP contribution in [0.3, 0.4) is 0 Å². The standard InChI is InChI=1S/C7H11NO5/c1-4(9)2-6(10)13-3-5(8)7(11)12/h5H,2-3,8H2,1H3,(H,11,12). The van der Waals surface area contributed by atoms with Crippen molar-refractivity contribution in [3.63, 3.8) is 0 Å². The first-order valence-corrected chi connectivity index (χ1v) is 3.57. The number of carboxylic acid groups (broad SMARTS) is 1. The Morgan fingerprint density at radius 3 is 2.38 bits per heavy atom. The number of hydrogen-bond acceptors (Lipinski definition) is 5. The highest BCUT2D eigenvalue weighted by Gasteiger charge is 2.14. The molecule has 0 aliphatic carbocycles. The van der Waals surface area contributed by atoms with Crippen LogP contribution in [0.5, 0.6) is 0 Å². The zero-order chi connectivity index (χ0) is 10.4. The smallest absolute Gasteiger partial charge is 0.324 e. The van der Waals surface area contributed by atoms with Crippen molar-refractivity contribution < 1.29 is 24.2 Å². The molecule has 6 heteroatoms. The van der Waals surface area contributed by atoms with Crippen molar-refractivity contribution in [1.29, 1.82) is 0 Å². The molecule has 0 radical (unpaired) electrons. The molecule has 0 saturated carbocycles. The molecule has 1 atom stereocenters. The van der Waals surface area contributed by atoms with E-state index in [0.717, 1.165) is 0 Å². The molecule has 0 aliphatic rings. The monoisotopic (exact) mass is 189 g/mol. The predicted molar refractivity (Wildman–Crippen MR) is 41.9 cm³/mol. The Morgan fingerprint density at radius 1 is 1.46 bits per heavy atom. The minimum Gasteiger partial charge on any atom is -0.480 e. The van der Waals surface area contributed by atoms with Gasteiger partial charge in [0.05, 0.1) is 0 Å². The zero-order valence-corrected chi connectivity index (χ0v) is 7.15. The quantitative estimate of drug-likeness (QED) is 0.421. The molecule has 13 heavy (non-hydrogen) atoms. The number of Topliss-reactive ketones (excluding diaryl/α,β-unsaturated/α-hetero) is 1. The maximum Gasteiger partial charge on any atom is 0.324 e. The van der Waals surface area contributed by atoms with E-state index >= 15 is 0 Å². The molecular formula is C7H11NO5. The molecule has 0 fully saturated rings. The van der Waals surface area contributed by atoms with Crippen molar-refractivity contribution in [3.05, 3.63) is 0 Å². The van der Waals surface area contributed by atoms with Crippen molar-refractivity contribution in [2.75, 3.05) is 6.61 Å². The van der Waals surface area contributed by atoms with Crippen LogP contribution in [-0.2, 0) is 19.1 Å². The van der Waals surface area contributed by atoms with E-state index in [-0.39, 0.29) is 12.2 Å². The molecule has 0 bridgehead atoms. The van der Waals surface area contributed by atoms with Gasteiger partial charge >= 0.3 is 11.9 Å². The van der Waals surface area contributed by atoms with Gasteiger partial charge in [-0.15, -0.1) is 0 Å². The van der Waals surface area contributed by atoms with E-state index in [0.29, 0.717) is 0 Å². The largest absolute Gasteiger partial charge is 0.480 e. The summed E-state index contributed by atoms with van der Waals surface area (Å²) >= 11 is 0. The summed E-state index contributed by atoms with van der Waals surface area (Å²) in [6.07, 6.45) is -0.355. The summed E-state index contributed by atoms with van der Waals surface area (Å²) in [6, 6.07) is -1.24. The van der Waals surface area contributed by atoms with Crippen LogP contribution in [0.15, 0.2) is 0 Å². The number of hydrogen-bond donors (Lipinski definition) is 2. The van der Waals surface area contributed by atoms with Crippen LogP contribution in [0.25, 0.3) is 0 Å². The van der Waals surface area contributed by atoms with Gasteiger partial charge in [0.1, 0.15) is 24.9 Å². The number of nitrogens with two attached hydrogens (primary N) is 1. The van der Waals surface area contributed by atoms with Gasteiger partial charge in [0.15, 0.2) is 0 Å². The minimum absolute atomic E-state index is 0.339. The van der Waals surface area contributed by atoms with Gasteiger partial charge < -0.3 is 15.6 Å². The summed E-state index contributed by atoms with van der Waals surface area (Å²) in [5.41, 5.74) is 5.03. The zero-order valence-electron chi connectivity index (χ0n) is 7.15. The Bertz CT molecular complexity index is 225. The summed E-state index contributed by atoms with van der Waals surface area (Å²) < 4.78 is 4.41. The van der Waals surface area contributed by atoms with E-state index < -0.39 is 24.6 Å². The molecule has 0 amide bonds. The molecule has 0 heterocycles. The molecule has 0 aromatic rings. The average molecular weight is 189 g/mol. The number of carboxylic acids is 1. The van der Waals surface area contributed by atoms with Gasteiger partial charge in [0.2, 0.25) is 0 Å². The van der Waals surface area contributed by atoms with Gasteiger partial charge in [-0.1, -0.05) is 0 Å². The van der Waals surface area contributed by atoms with Crippen LogP contribution in [0, 0.1) is 0 Å². The third-order valence-electron chi connectivity index (χ3n) is 1.13. The van der Waals surface area contributed by atoms with Crippen LogP contribution in [0.2, 0.25) is 0 Å². The molecule has 6 nitrogen and oxygen atoms in total. The molecule has 0 saturated heterocycles. The van der Waals surface area contributed by atoms with Crippen LogP contribution in [-0.4, -0.2) is 35.5 Å². The maximum atomic E-state index is 10.7. The number of esters is 1. The Labute approximate surface area is 74.7 Å². The third kappa shape index (κ3) is 5.80. The lowest BCUT2D eigenvalue weighted by molar-refractivity contribution is -0.148. The average Bonchev–Trinajstić information content (AvgIpc) is 1.98. The van der Waals surface area contributed by atoms with Gasteiger partial charge in [-0.25, -0.2) is 0 Å². The summed E-state index contributed by atoms with van der Waals surface area (Å²) in [7, 11) is 0. The Balaban J connectivity index is 3.70. The lowest BCUT2D eigenvalue weighted by atomic mass is 10.3. The SMILES string of the molecule is CC(=O)CC(=O)OCC(N)C(=O)O. The molecule has 0 spiro atoms. The summed E-state index contributed by atoms with van der Waals surface area (Å²) in [5, 5.41) is 8.29. The first-order valence-electron chi connectivity index (χ1n) is 3.57. The predicted octanol–water partition coefficient (Wildman–Crippen LogP) is -1.08. The van der Waals surface area contributed by atoms with Crippen LogP contribution < -0.4 is 5.73 Å². The Morgan fingerprint density at radius 2 is 2.00 bits per heavy atom. The molecule has 1 unspecified atom stereocenters. The van der Waals surface area contributed by atoms with Gasteiger partial charge in [-0.05, 0) is 6.92 Å². The van der Waals surface area contributed by atoms with E-state index in [4.69, 9.17) is 10.8 Å². The van der Waals surface area contributed by atoms with Crippen LogP contribution in [0.1, 0.15) is 13.3 Å². The number of aliphatic carboxylic acids is 1. The Hall–Kier alpha value is -1.43. The van der Waals surface area contributed by atoms with Crippen LogP contribution in [0.4, 0.5) is 0 Å². The molecule has 0 aromatic heterocycles. The second kappa shape index (κ2) is 5.26. The second-order valence-electron chi connectivity index (χ2n) is 2.51.